The van der Waals surface area contributed by atoms with Crippen LogP contribution in [0.2, 0.25) is 0 Å². The zero-order valence-corrected chi connectivity index (χ0v) is 11.7. The second-order valence-corrected chi connectivity index (χ2v) is 2.93. The molecular formula is C10H7KO2S. The summed E-state index contributed by atoms with van der Waals surface area (Å²) in [6.07, 6.45) is 0. The van der Waals surface area contributed by atoms with Gasteiger partial charge in [-0.1, -0.05) is 36.4 Å². The summed E-state index contributed by atoms with van der Waals surface area (Å²) >= 11 is 0.120. The van der Waals surface area contributed by atoms with Gasteiger partial charge in [-0.25, -0.2) is 0 Å². The van der Waals surface area contributed by atoms with E-state index in [1.54, 1.807) is 6.07 Å². The maximum atomic E-state index is 10.2. The monoisotopic (exact) mass is 230 g/mol. The third-order valence-corrected chi connectivity index (χ3v) is 2.12. The van der Waals surface area contributed by atoms with Crippen molar-refractivity contribution in [1.82, 2.24) is 0 Å². The summed E-state index contributed by atoms with van der Waals surface area (Å²) < 4.78 is 15.1. The van der Waals surface area contributed by atoms with Gasteiger partial charge in [0.2, 0.25) is 0 Å². The van der Waals surface area contributed by atoms with Crippen LogP contribution in [0.25, 0.3) is 10.8 Å². The molecule has 0 saturated heterocycles. The molecule has 0 aliphatic rings. The van der Waals surface area contributed by atoms with Crippen molar-refractivity contribution in [3.05, 3.63) is 42.5 Å². The minimum Gasteiger partial charge on any atom is -0.766 e. The first-order valence-corrected chi connectivity index (χ1v) is 4.53. The van der Waals surface area contributed by atoms with E-state index < -0.39 is 0 Å². The Balaban J connectivity index is 0.000000980. The molecule has 0 heterocycles. The fourth-order valence-electron chi connectivity index (χ4n) is 1.31. The zero-order valence-electron chi connectivity index (χ0n) is 7.77. The van der Waals surface area contributed by atoms with Gasteiger partial charge in [0, 0.05) is 5.39 Å². The van der Waals surface area contributed by atoms with E-state index in [2.05, 4.69) is 0 Å². The zero-order chi connectivity index (χ0) is 9.10. The minimum absolute atomic E-state index is 0. The molecule has 0 aliphatic carbocycles. The van der Waals surface area contributed by atoms with Gasteiger partial charge >= 0.3 is 51.4 Å². The summed E-state index contributed by atoms with van der Waals surface area (Å²) in [5.74, 6) is 0.623. The van der Waals surface area contributed by atoms with Gasteiger partial charge in [0.15, 0.2) is 0 Å². The smallest absolute Gasteiger partial charge is 0.766 e. The molecule has 14 heavy (non-hydrogen) atoms. The summed E-state index contributed by atoms with van der Waals surface area (Å²) in [5.41, 5.74) is 0. The Morgan fingerprint density at radius 3 is 2.50 bits per heavy atom. The standard InChI is InChI=1S/C10H8O2S.K/c11-13-12-10-7-3-5-8-4-1-2-6-9(8)10;/h1-7,11H;/q;+1/p-1. The Kier molecular flexibility index (Phi) is 5.47. The number of rotatable bonds is 2. The minimum atomic E-state index is 0. The predicted octanol–water partition coefficient (Wildman–Crippen LogP) is 0.00120. The molecule has 0 atom stereocenters. The molecular weight excluding hydrogens is 223 g/mol. The average molecular weight is 230 g/mol. The van der Waals surface area contributed by atoms with E-state index in [-0.39, 0.29) is 63.7 Å². The quantitative estimate of drug-likeness (QED) is 0.538. The van der Waals surface area contributed by atoms with Crippen LogP contribution in [-0.2, 0) is 0 Å². The largest absolute Gasteiger partial charge is 1.00 e. The Labute approximate surface area is 129 Å². The molecule has 0 unspecified atom stereocenters. The molecule has 0 fully saturated rings. The van der Waals surface area contributed by atoms with Crippen molar-refractivity contribution in [1.29, 1.82) is 0 Å². The summed E-state index contributed by atoms with van der Waals surface area (Å²) in [4.78, 5) is 0. The molecule has 0 N–H and O–H groups in total. The molecule has 0 radical (unpaired) electrons. The van der Waals surface area contributed by atoms with Crippen LogP contribution in [-0.4, -0.2) is 4.55 Å². The van der Waals surface area contributed by atoms with E-state index in [1.165, 1.54) is 0 Å². The van der Waals surface area contributed by atoms with Gasteiger partial charge in [-0.2, -0.15) is 0 Å². The maximum Gasteiger partial charge on any atom is 1.00 e. The fraction of sp³-hybridized carbons (Fsp3) is 0. The molecule has 0 saturated carbocycles. The van der Waals surface area contributed by atoms with Crippen LogP contribution in [0.5, 0.6) is 5.75 Å². The van der Waals surface area contributed by atoms with Gasteiger partial charge in [-0.15, -0.1) is 0 Å². The Bertz CT molecular complexity index is 414. The molecule has 2 aromatic rings. The van der Waals surface area contributed by atoms with Crippen molar-refractivity contribution in [2.24, 2.45) is 0 Å². The molecule has 0 spiro atoms. The fourth-order valence-corrected chi connectivity index (χ4v) is 1.52. The van der Waals surface area contributed by atoms with E-state index in [1.807, 2.05) is 36.4 Å². The predicted molar refractivity (Wildman–Crippen MR) is 52.9 cm³/mol. The van der Waals surface area contributed by atoms with E-state index in [4.69, 9.17) is 4.18 Å². The Morgan fingerprint density at radius 2 is 1.71 bits per heavy atom. The maximum absolute atomic E-state index is 10.2. The van der Waals surface area contributed by atoms with Crippen molar-refractivity contribution in [2.75, 3.05) is 0 Å². The number of hydrogen-bond acceptors (Lipinski definition) is 3. The summed E-state index contributed by atoms with van der Waals surface area (Å²) in [7, 11) is 0. The second-order valence-electron chi connectivity index (χ2n) is 2.63. The molecule has 0 aliphatic heterocycles. The van der Waals surface area contributed by atoms with Crippen LogP contribution in [0.4, 0.5) is 0 Å². The van der Waals surface area contributed by atoms with Gasteiger partial charge < -0.3 is 8.74 Å². The van der Waals surface area contributed by atoms with Crippen molar-refractivity contribution < 1.29 is 60.1 Å². The van der Waals surface area contributed by atoms with Crippen molar-refractivity contribution >= 4 is 23.1 Å². The normalized spacial score (nSPS) is 9.50. The van der Waals surface area contributed by atoms with Gasteiger partial charge in [0.25, 0.3) is 0 Å². The topological polar surface area (TPSA) is 32.3 Å². The SMILES string of the molecule is [K+].[O-]SOc1cccc2ccccc12. The van der Waals surface area contributed by atoms with Crippen molar-refractivity contribution in [2.45, 2.75) is 0 Å². The average Bonchev–Trinajstić information content (AvgIpc) is 2.19. The summed E-state index contributed by atoms with van der Waals surface area (Å²) in [6.45, 7) is 0. The van der Waals surface area contributed by atoms with Crippen LogP contribution in [0.1, 0.15) is 0 Å². The molecule has 0 aromatic heterocycles. The van der Waals surface area contributed by atoms with Gasteiger partial charge in [-0.3, -0.25) is 0 Å². The third-order valence-electron chi connectivity index (χ3n) is 1.87. The third kappa shape index (κ3) is 2.73. The first kappa shape index (κ1) is 12.5. The molecule has 4 heteroatoms. The number of benzene rings is 2. The first-order chi connectivity index (χ1) is 6.42. The van der Waals surface area contributed by atoms with Crippen molar-refractivity contribution in [3.8, 4) is 5.75 Å². The number of hydrogen-bond donors (Lipinski definition) is 0. The van der Waals surface area contributed by atoms with Crippen molar-refractivity contribution in [3.63, 3.8) is 0 Å². The van der Waals surface area contributed by atoms with Crippen LogP contribution >= 0.6 is 12.3 Å². The van der Waals surface area contributed by atoms with Gasteiger partial charge in [-0.05, 0) is 23.8 Å². The number of fused-ring (bicyclic) bond motifs is 1. The van der Waals surface area contributed by atoms with Crippen LogP contribution in [0, 0.1) is 0 Å². The van der Waals surface area contributed by atoms with Crippen LogP contribution < -0.4 is 55.6 Å². The molecule has 0 bridgehead atoms. The molecule has 66 valence electrons. The van der Waals surface area contributed by atoms with E-state index >= 15 is 0 Å². The molecule has 2 rings (SSSR count). The Morgan fingerprint density at radius 1 is 1.00 bits per heavy atom. The molecule has 2 aromatic carbocycles. The molecule has 2 nitrogen and oxygen atoms in total. The summed E-state index contributed by atoms with van der Waals surface area (Å²) in [6, 6.07) is 13.4. The van der Waals surface area contributed by atoms with E-state index in [9.17, 15) is 4.55 Å². The molecule has 0 amide bonds. The van der Waals surface area contributed by atoms with Gasteiger partial charge in [0.1, 0.15) is 5.75 Å². The Hall–Kier alpha value is 0.446. The second kappa shape index (κ2) is 6.12. The van der Waals surface area contributed by atoms with E-state index in [0.717, 1.165) is 10.8 Å². The van der Waals surface area contributed by atoms with E-state index in [0.29, 0.717) is 5.75 Å². The summed E-state index contributed by atoms with van der Waals surface area (Å²) in [5, 5.41) is 2.04. The van der Waals surface area contributed by atoms with Crippen LogP contribution in [0.3, 0.4) is 0 Å². The van der Waals surface area contributed by atoms with Crippen LogP contribution in [0.15, 0.2) is 42.5 Å². The first-order valence-electron chi connectivity index (χ1n) is 3.86. The van der Waals surface area contributed by atoms with Gasteiger partial charge in [0.05, 0.1) is 0 Å².